The van der Waals surface area contributed by atoms with Crippen LogP contribution in [0, 0.1) is 13.8 Å². The van der Waals surface area contributed by atoms with Gasteiger partial charge in [0.2, 0.25) is 0 Å². The van der Waals surface area contributed by atoms with Gasteiger partial charge in [-0.3, -0.25) is 0 Å². The van der Waals surface area contributed by atoms with Crippen molar-refractivity contribution in [3.8, 4) is 0 Å². The van der Waals surface area contributed by atoms with Gasteiger partial charge in [-0.2, -0.15) is 0 Å². The Bertz CT molecular complexity index is 1020. The quantitative estimate of drug-likeness (QED) is 0.711. The molecule has 0 amide bonds. The van der Waals surface area contributed by atoms with Gasteiger partial charge in [0.25, 0.3) is 0 Å². The maximum atomic E-state index is 5.42. The van der Waals surface area contributed by atoms with Gasteiger partial charge in [0.1, 0.15) is 11.8 Å². The fraction of sp³-hybridized carbons (Fsp3) is 0.273. The molecule has 0 saturated heterocycles. The van der Waals surface area contributed by atoms with Crippen LogP contribution in [0.4, 0.5) is 5.69 Å². The summed E-state index contributed by atoms with van der Waals surface area (Å²) in [4.78, 5) is 5.02. The third-order valence-electron chi connectivity index (χ3n) is 5.57. The largest absolute Gasteiger partial charge is 0.361 e. The molecule has 2 heterocycles. The summed E-state index contributed by atoms with van der Waals surface area (Å²) in [6.45, 7) is 3.93. The van der Waals surface area contributed by atoms with E-state index in [0.717, 1.165) is 47.1 Å². The van der Waals surface area contributed by atoms with Crippen LogP contribution in [0.3, 0.4) is 0 Å². The number of aryl methyl sites for hydroxylation is 3. The van der Waals surface area contributed by atoms with E-state index in [2.05, 4.69) is 52.2 Å². The normalized spacial score (nSPS) is 20.4. The van der Waals surface area contributed by atoms with Crippen molar-refractivity contribution >= 4 is 11.6 Å². The molecule has 2 aliphatic rings. The van der Waals surface area contributed by atoms with Crippen molar-refractivity contribution in [1.82, 2.24) is 10.5 Å². The van der Waals surface area contributed by atoms with E-state index in [1.165, 1.54) is 11.1 Å². The number of rotatable bonds is 2. The van der Waals surface area contributed by atoms with E-state index in [-0.39, 0.29) is 12.1 Å². The van der Waals surface area contributed by atoms with Crippen LogP contribution in [0.1, 0.15) is 52.2 Å². The highest BCUT2D eigenvalue weighted by molar-refractivity contribution is 5.97. The highest BCUT2D eigenvalue weighted by atomic mass is 16.5. The molecule has 2 aromatic carbocycles. The molecule has 0 radical (unpaired) electrons. The fourth-order valence-electron chi connectivity index (χ4n) is 4.25. The summed E-state index contributed by atoms with van der Waals surface area (Å²) >= 11 is 0. The van der Waals surface area contributed by atoms with Crippen LogP contribution in [0.15, 0.2) is 58.0 Å². The van der Waals surface area contributed by atoms with E-state index in [0.29, 0.717) is 0 Å². The minimum absolute atomic E-state index is 0.118. The Morgan fingerprint density at radius 3 is 2.63 bits per heavy atom. The van der Waals surface area contributed by atoms with Gasteiger partial charge in [-0.15, -0.1) is 0 Å². The molecule has 0 spiro atoms. The van der Waals surface area contributed by atoms with Gasteiger partial charge >= 0.3 is 0 Å². The topological polar surface area (TPSA) is 62.5 Å². The number of fused-ring (bicyclic) bond motifs is 2. The number of anilines is 1. The molecule has 2 atom stereocenters. The SMILES string of the molecule is Cc1noc(C)c1[C@H]1N=C(NC2CCc3ccccc32)Nc2ccccc21. The molecule has 27 heavy (non-hydrogen) atoms. The molecule has 0 saturated carbocycles. The van der Waals surface area contributed by atoms with Crippen LogP contribution in [-0.4, -0.2) is 11.1 Å². The van der Waals surface area contributed by atoms with Gasteiger partial charge in [-0.1, -0.05) is 47.6 Å². The smallest absolute Gasteiger partial charge is 0.197 e. The molecular weight excluding hydrogens is 336 g/mol. The van der Waals surface area contributed by atoms with Crippen molar-refractivity contribution in [3.63, 3.8) is 0 Å². The van der Waals surface area contributed by atoms with Crippen LogP contribution in [0.5, 0.6) is 0 Å². The van der Waals surface area contributed by atoms with Crippen molar-refractivity contribution in [2.75, 3.05) is 5.32 Å². The zero-order valence-electron chi connectivity index (χ0n) is 15.5. The van der Waals surface area contributed by atoms with Gasteiger partial charge < -0.3 is 15.2 Å². The summed E-state index contributed by atoms with van der Waals surface area (Å²) in [5.41, 5.74) is 6.96. The van der Waals surface area contributed by atoms with Gasteiger partial charge in [-0.05, 0) is 43.9 Å². The first kappa shape index (κ1) is 16.1. The lowest BCUT2D eigenvalue weighted by atomic mass is 9.95. The zero-order valence-corrected chi connectivity index (χ0v) is 15.5. The first-order valence-corrected chi connectivity index (χ1v) is 9.41. The maximum absolute atomic E-state index is 5.42. The van der Waals surface area contributed by atoms with Crippen molar-refractivity contribution in [2.45, 2.75) is 38.8 Å². The second-order valence-electron chi connectivity index (χ2n) is 7.26. The van der Waals surface area contributed by atoms with E-state index in [1.54, 1.807) is 0 Å². The Morgan fingerprint density at radius 1 is 1.04 bits per heavy atom. The van der Waals surface area contributed by atoms with Gasteiger partial charge in [0.05, 0.1) is 11.7 Å². The van der Waals surface area contributed by atoms with Crippen LogP contribution < -0.4 is 10.6 Å². The molecule has 5 rings (SSSR count). The number of nitrogens with one attached hydrogen (secondary N) is 2. The molecule has 0 bridgehead atoms. The summed E-state index contributed by atoms with van der Waals surface area (Å²) in [6, 6.07) is 17.1. The third kappa shape index (κ3) is 2.70. The van der Waals surface area contributed by atoms with Crippen molar-refractivity contribution in [3.05, 3.63) is 82.2 Å². The van der Waals surface area contributed by atoms with E-state index in [4.69, 9.17) is 9.52 Å². The van der Waals surface area contributed by atoms with E-state index in [9.17, 15) is 0 Å². The number of para-hydroxylation sites is 1. The fourth-order valence-corrected chi connectivity index (χ4v) is 4.25. The van der Waals surface area contributed by atoms with Crippen molar-refractivity contribution < 1.29 is 4.52 Å². The lowest BCUT2D eigenvalue weighted by Crippen LogP contribution is -2.36. The number of nitrogens with zero attached hydrogens (tertiary/aromatic N) is 2. The van der Waals surface area contributed by atoms with Gasteiger partial charge in [-0.25, -0.2) is 4.99 Å². The summed E-state index contributed by atoms with van der Waals surface area (Å²) < 4.78 is 5.42. The highest BCUT2D eigenvalue weighted by Gasteiger charge is 2.30. The number of aliphatic imine (C=N–C) groups is 1. The minimum atomic E-state index is -0.118. The zero-order chi connectivity index (χ0) is 18.4. The molecule has 5 nitrogen and oxygen atoms in total. The predicted octanol–water partition coefficient (Wildman–Crippen LogP) is 4.44. The van der Waals surface area contributed by atoms with E-state index in [1.807, 2.05) is 26.0 Å². The minimum Gasteiger partial charge on any atom is -0.361 e. The molecule has 0 fully saturated rings. The summed E-state index contributed by atoms with van der Waals surface area (Å²) in [6.07, 6.45) is 2.18. The van der Waals surface area contributed by atoms with Crippen LogP contribution in [0.25, 0.3) is 0 Å². The first-order valence-electron chi connectivity index (χ1n) is 9.41. The number of hydrogen-bond acceptors (Lipinski definition) is 5. The Morgan fingerprint density at radius 2 is 1.81 bits per heavy atom. The number of aromatic nitrogens is 1. The van der Waals surface area contributed by atoms with E-state index < -0.39 is 0 Å². The summed E-state index contributed by atoms with van der Waals surface area (Å²) in [7, 11) is 0. The monoisotopic (exact) mass is 358 g/mol. The Kier molecular flexibility index (Phi) is 3.74. The molecular formula is C22H22N4O. The molecule has 1 unspecified atom stereocenters. The van der Waals surface area contributed by atoms with Gasteiger partial charge in [0, 0.05) is 16.8 Å². The maximum Gasteiger partial charge on any atom is 0.197 e. The number of guanidine groups is 1. The van der Waals surface area contributed by atoms with Crippen LogP contribution in [0.2, 0.25) is 0 Å². The first-order chi connectivity index (χ1) is 13.2. The van der Waals surface area contributed by atoms with Crippen molar-refractivity contribution in [2.24, 2.45) is 4.99 Å². The predicted molar refractivity (Wildman–Crippen MR) is 106 cm³/mol. The highest BCUT2D eigenvalue weighted by Crippen LogP contribution is 2.38. The second-order valence-corrected chi connectivity index (χ2v) is 7.26. The number of hydrogen-bond donors (Lipinski definition) is 2. The molecule has 1 aliphatic heterocycles. The molecule has 2 N–H and O–H groups in total. The Hall–Kier alpha value is -3.08. The second kappa shape index (κ2) is 6.27. The van der Waals surface area contributed by atoms with Crippen LogP contribution in [-0.2, 0) is 6.42 Å². The summed E-state index contributed by atoms with van der Waals surface area (Å²) in [5, 5.41) is 11.2. The lowest BCUT2D eigenvalue weighted by molar-refractivity contribution is 0.392. The average Bonchev–Trinajstić information content (AvgIpc) is 3.24. The van der Waals surface area contributed by atoms with Crippen molar-refractivity contribution in [1.29, 1.82) is 0 Å². The van der Waals surface area contributed by atoms with Gasteiger partial charge in [0.15, 0.2) is 5.96 Å². The molecule has 3 aromatic rings. The molecule has 1 aromatic heterocycles. The Balaban J connectivity index is 1.52. The van der Waals surface area contributed by atoms with E-state index >= 15 is 0 Å². The Labute approximate surface area is 158 Å². The number of benzene rings is 2. The summed E-state index contributed by atoms with van der Waals surface area (Å²) in [5.74, 6) is 1.63. The molecule has 1 aliphatic carbocycles. The van der Waals surface area contributed by atoms with Crippen LogP contribution >= 0.6 is 0 Å². The molecule has 136 valence electrons. The molecule has 5 heteroatoms. The third-order valence-corrected chi connectivity index (χ3v) is 5.57. The average molecular weight is 358 g/mol. The standard InChI is InChI=1S/C22H22N4O/c1-13-20(14(2)27-26-13)21-17-9-5-6-10-18(17)23-22(25-21)24-19-12-11-15-7-3-4-8-16(15)19/h3-10,19,21H,11-12H2,1-2H3,(H2,23,24,25)/t19?,21-/m0/s1. The lowest BCUT2D eigenvalue weighted by Gasteiger charge is -2.27.